The highest BCUT2D eigenvalue weighted by Gasteiger charge is 2.06. The van der Waals surface area contributed by atoms with E-state index >= 15 is 0 Å². The summed E-state index contributed by atoms with van der Waals surface area (Å²) < 4.78 is 10.5. The SMILES string of the molecule is COc1ccc(OC)c(Nc2ccc(C(N)=S)nc2)c1. The molecule has 2 rings (SSSR count). The average molecular weight is 289 g/mol. The predicted octanol–water partition coefficient (Wildman–Crippen LogP) is 2.48. The second-order valence-corrected chi connectivity index (χ2v) is 4.43. The van der Waals surface area contributed by atoms with Gasteiger partial charge in [-0.25, -0.2) is 0 Å². The summed E-state index contributed by atoms with van der Waals surface area (Å²) in [5.74, 6) is 1.45. The number of pyridine rings is 1. The Morgan fingerprint density at radius 3 is 2.55 bits per heavy atom. The highest BCUT2D eigenvalue weighted by atomic mass is 32.1. The number of ether oxygens (including phenoxy) is 2. The molecule has 0 atom stereocenters. The molecule has 104 valence electrons. The van der Waals surface area contributed by atoms with Crippen LogP contribution in [0.3, 0.4) is 0 Å². The standard InChI is InChI=1S/C14H15N3O2S/c1-18-10-4-6-13(19-2)12(7-10)17-9-3-5-11(14(15)20)16-8-9/h3-8,17H,1-2H3,(H2,15,20). The molecule has 20 heavy (non-hydrogen) atoms. The molecule has 0 radical (unpaired) electrons. The van der Waals surface area contributed by atoms with Gasteiger partial charge in [-0.15, -0.1) is 0 Å². The number of aromatic nitrogens is 1. The Morgan fingerprint density at radius 1 is 1.20 bits per heavy atom. The number of nitrogens with zero attached hydrogens (tertiary/aromatic N) is 1. The van der Waals surface area contributed by atoms with Gasteiger partial charge in [0, 0.05) is 6.07 Å². The van der Waals surface area contributed by atoms with Crippen molar-refractivity contribution in [1.82, 2.24) is 4.98 Å². The van der Waals surface area contributed by atoms with E-state index in [9.17, 15) is 0 Å². The summed E-state index contributed by atoms with van der Waals surface area (Å²) in [5.41, 5.74) is 7.69. The van der Waals surface area contributed by atoms with Gasteiger partial charge in [0.1, 0.15) is 16.5 Å². The first-order chi connectivity index (χ1) is 9.63. The normalized spacial score (nSPS) is 9.90. The van der Waals surface area contributed by atoms with Crippen LogP contribution in [-0.2, 0) is 0 Å². The monoisotopic (exact) mass is 289 g/mol. The molecule has 0 aliphatic carbocycles. The number of nitrogens with two attached hydrogens (primary N) is 1. The van der Waals surface area contributed by atoms with Crippen molar-refractivity contribution in [3.63, 3.8) is 0 Å². The minimum atomic E-state index is 0.274. The third-order valence-corrected chi connectivity index (χ3v) is 2.91. The third kappa shape index (κ3) is 3.16. The van der Waals surface area contributed by atoms with Crippen molar-refractivity contribution in [1.29, 1.82) is 0 Å². The van der Waals surface area contributed by atoms with E-state index in [4.69, 9.17) is 27.4 Å². The molecule has 0 aliphatic rings. The number of nitrogens with one attached hydrogen (secondary N) is 1. The zero-order chi connectivity index (χ0) is 14.5. The van der Waals surface area contributed by atoms with Gasteiger partial charge >= 0.3 is 0 Å². The lowest BCUT2D eigenvalue weighted by atomic mass is 10.2. The van der Waals surface area contributed by atoms with Crippen LogP contribution in [0.5, 0.6) is 11.5 Å². The molecule has 3 N–H and O–H groups in total. The lowest BCUT2D eigenvalue weighted by Crippen LogP contribution is -2.11. The van der Waals surface area contributed by atoms with Crippen LogP contribution < -0.4 is 20.5 Å². The summed E-state index contributed by atoms with van der Waals surface area (Å²) in [4.78, 5) is 4.45. The Hall–Kier alpha value is -2.34. The maximum atomic E-state index is 5.51. The predicted molar refractivity (Wildman–Crippen MR) is 83.0 cm³/mol. The molecule has 1 heterocycles. The number of methoxy groups -OCH3 is 2. The second kappa shape index (κ2) is 6.21. The van der Waals surface area contributed by atoms with Crippen LogP contribution in [0, 0.1) is 0 Å². The van der Waals surface area contributed by atoms with E-state index in [-0.39, 0.29) is 4.99 Å². The van der Waals surface area contributed by atoms with E-state index < -0.39 is 0 Å². The second-order valence-electron chi connectivity index (χ2n) is 3.99. The van der Waals surface area contributed by atoms with Crippen molar-refractivity contribution < 1.29 is 9.47 Å². The van der Waals surface area contributed by atoms with E-state index in [0.717, 1.165) is 17.1 Å². The van der Waals surface area contributed by atoms with Crippen LogP contribution in [0.1, 0.15) is 5.69 Å². The van der Waals surface area contributed by atoms with Crippen molar-refractivity contribution in [3.05, 3.63) is 42.2 Å². The Morgan fingerprint density at radius 2 is 2.00 bits per heavy atom. The largest absolute Gasteiger partial charge is 0.497 e. The first-order valence-corrected chi connectivity index (χ1v) is 6.29. The van der Waals surface area contributed by atoms with Crippen LogP contribution >= 0.6 is 12.2 Å². The van der Waals surface area contributed by atoms with Gasteiger partial charge in [-0.1, -0.05) is 12.2 Å². The summed E-state index contributed by atoms with van der Waals surface area (Å²) >= 11 is 4.87. The van der Waals surface area contributed by atoms with E-state index in [1.165, 1.54) is 0 Å². The van der Waals surface area contributed by atoms with Gasteiger partial charge in [-0.05, 0) is 24.3 Å². The minimum absolute atomic E-state index is 0.274. The quantitative estimate of drug-likeness (QED) is 0.824. The fourth-order valence-corrected chi connectivity index (χ4v) is 1.80. The molecule has 2 aromatic rings. The summed E-state index contributed by atoms with van der Waals surface area (Å²) in [7, 11) is 3.23. The first-order valence-electron chi connectivity index (χ1n) is 5.89. The van der Waals surface area contributed by atoms with Gasteiger partial charge < -0.3 is 20.5 Å². The van der Waals surface area contributed by atoms with Crippen molar-refractivity contribution >= 4 is 28.6 Å². The zero-order valence-electron chi connectivity index (χ0n) is 11.2. The number of benzene rings is 1. The molecule has 0 spiro atoms. The fourth-order valence-electron chi connectivity index (χ4n) is 1.68. The molecule has 0 aliphatic heterocycles. The molecule has 0 fully saturated rings. The lowest BCUT2D eigenvalue weighted by molar-refractivity contribution is 0.405. The van der Waals surface area contributed by atoms with Crippen LogP contribution in [0.2, 0.25) is 0 Å². The Labute approximate surface area is 122 Å². The molecule has 1 aromatic heterocycles. The summed E-state index contributed by atoms with van der Waals surface area (Å²) in [6.07, 6.45) is 1.66. The maximum absolute atomic E-state index is 5.51. The summed E-state index contributed by atoms with van der Waals surface area (Å²) in [5, 5.41) is 3.21. The van der Waals surface area contributed by atoms with Gasteiger partial charge in [0.05, 0.1) is 37.5 Å². The van der Waals surface area contributed by atoms with Crippen LogP contribution in [-0.4, -0.2) is 24.2 Å². The molecule has 6 heteroatoms. The smallest absolute Gasteiger partial charge is 0.142 e. The van der Waals surface area contributed by atoms with Crippen molar-refractivity contribution in [2.24, 2.45) is 5.73 Å². The van der Waals surface area contributed by atoms with E-state index in [1.807, 2.05) is 24.3 Å². The topological polar surface area (TPSA) is 69.4 Å². The number of rotatable bonds is 5. The van der Waals surface area contributed by atoms with Gasteiger partial charge in [0.25, 0.3) is 0 Å². The molecular weight excluding hydrogens is 274 g/mol. The molecule has 0 saturated heterocycles. The fraction of sp³-hybridized carbons (Fsp3) is 0.143. The summed E-state index contributed by atoms with van der Waals surface area (Å²) in [6.45, 7) is 0. The Balaban J connectivity index is 2.26. The Kier molecular flexibility index (Phi) is 4.37. The number of anilines is 2. The van der Waals surface area contributed by atoms with Gasteiger partial charge in [0.15, 0.2) is 0 Å². The van der Waals surface area contributed by atoms with E-state index in [0.29, 0.717) is 11.4 Å². The van der Waals surface area contributed by atoms with Gasteiger partial charge in [-0.3, -0.25) is 4.98 Å². The van der Waals surface area contributed by atoms with Crippen LogP contribution in [0.4, 0.5) is 11.4 Å². The molecule has 0 bridgehead atoms. The lowest BCUT2D eigenvalue weighted by Gasteiger charge is -2.12. The van der Waals surface area contributed by atoms with Gasteiger partial charge in [-0.2, -0.15) is 0 Å². The highest BCUT2D eigenvalue weighted by Crippen LogP contribution is 2.31. The van der Waals surface area contributed by atoms with Gasteiger partial charge in [0.2, 0.25) is 0 Å². The summed E-state index contributed by atoms with van der Waals surface area (Å²) in [6, 6.07) is 9.12. The molecule has 0 saturated carbocycles. The Bertz CT molecular complexity index is 614. The van der Waals surface area contributed by atoms with E-state index in [2.05, 4.69) is 10.3 Å². The molecule has 1 aromatic carbocycles. The maximum Gasteiger partial charge on any atom is 0.142 e. The van der Waals surface area contributed by atoms with Crippen LogP contribution in [0.25, 0.3) is 0 Å². The number of thiocarbonyl (C=S) groups is 1. The zero-order valence-corrected chi connectivity index (χ0v) is 12.0. The third-order valence-electron chi connectivity index (χ3n) is 2.70. The van der Waals surface area contributed by atoms with E-state index in [1.54, 1.807) is 26.5 Å². The molecule has 0 unspecified atom stereocenters. The average Bonchev–Trinajstić information content (AvgIpc) is 2.47. The minimum Gasteiger partial charge on any atom is -0.497 e. The van der Waals surface area contributed by atoms with Crippen molar-refractivity contribution in [2.45, 2.75) is 0 Å². The van der Waals surface area contributed by atoms with Crippen molar-refractivity contribution in [3.8, 4) is 11.5 Å². The molecular formula is C14H15N3O2S. The molecule has 5 nitrogen and oxygen atoms in total. The first kappa shape index (κ1) is 14.1. The van der Waals surface area contributed by atoms with Crippen molar-refractivity contribution in [2.75, 3.05) is 19.5 Å². The number of hydrogen-bond donors (Lipinski definition) is 2. The number of hydrogen-bond acceptors (Lipinski definition) is 5. The highest BCUT2D eigenvalue weighted by molar-refractivity contribution is 7.80. The molecule has 0 amide bonds. The van der Waals surface area contributed by atoms with Crippen LogP contribution in [0.15, 0.2) is 36.5 Å².